The monoisotopic (exact) mass is 503 g/mol. The molecule has 6 nitrogen and oxygen atoms in total. The van der Waals surface area contributed by atoms with Gasteiger partial charge in [-0.25, -0.2) is 9.29 Å². The minimum atomic E-state index is -1.12. The molecule has 144 valence electrons. The van der Waals surface area contributed by atoms with E-state index in [-0.39, 0.29) is 21.5 Å². The molecule has 0 aliphatic carbocycles. The Morgan fingerprint density at radius 3 is 2.26 bits per heavy atom. The van der Waals surface area contributed by atoms with E-state index < -0.39 is 35.1 Å². The molecule has 4 saturated heterocycles. The van der Waals surface area contributed by atoms with Gasteiger partial charge in [0.2, 0.25) is 11.8 Å². The summed E-state index contributed by atoms with van der Waals surface area (Å²) in [5.74, 6) is -2.58. The molecular weight excluding hydrogens is 489 g/mol. The summed E-state index contributed by atoms with van der Waals surface area (Å²) in [5, 5.41) is 0. The van der Waals surface area contributed by atoms with E-state index in [1.165, 1.54) is 24.3 Å². The Labute approximate surface area is 171 Å². The van der Waals surface area contributed by atoms with Gasteiger partial charge in [0, 0.05) is 0 Å². The van der Waals surface area contributed by atoms with Crippen LogP contribution in [-0.4, -0.2) is 52.2 Å². The molecule has 5 rings (SSSR count). The number of ether oxygens (including phenoxy) is 3. The molecule has 2 amide bonds. The average molecular weight is 505 g/mol. The van der Waals surface area contributed by atoms with Gasteiger partial charge in [0.15, 0.2) is 6.29 Å². The van der Waals surface area contributed by atoms with Gasteiger partial charge in [-0.05, 0) is 31.2 Å². The van der Waals surface area contributed by atoms with E-state index in [0.717, 1.165) is 4.90 Å². The summed E-state index contributed by atoms with van der Waals surface area (Å²) in [7, 11) is 0. The molecule has 4 aliphatic heterocycles. The molecule has 0 aromatic heterocycles. The summed E-state index contributed by atoms with van der Waals surface area (Å²) in [6.45, 7) is 2.64. The van der Waals surface area contributed by atoms with Crippen molar-refractivity contribution in [3.05, 3.63) is 30.1 Å². The number of hydrogen-bond donors (Lipinski definition) is 0. The number of carbonyl (C=O) groups excluding carboxylic acids is 2. The van der Waals surface area contributed by atoms with Crippen LogP contribution in [0.1, 0.15) is 6.92 Å². The SMILES string of the molecule is CC12OC(C3OCCO3)(C(Br)C1Br)C1C(=O)N(c3ccc(F)cc3)C(=O)C12. The lowest BCUT2D eigenvalue weighted by Gasteiger charge is -2.39. The summed E-state index contributed by atoms with van der Waals surface area (Å²) in [5.41, 5.74) is -1.68. The number of fused-ring (bicyclic) bond motifs is 5. The number of alkyl halides is 2. The van der Waals surface area contributed by atoms with Crippen LogP contribution in [-0.2, 0) is 23.8 Å². The molecule has 9 heteroatoms. The minimum absolute atomic E-state index is 0.219. The van der Waals surface area contributed by atoms with Crippen LogP contribution in [0.15, 0.2) is 24.3 Å². The molecule has 4 heterocycles. The second-order valence-electron chi connectivity index (χ2n) is 7.46. The standard InChI is InChI=1S/C18H16Br2FNO5/c1-17-10-11(15(24)22(14(10)23)9-4-2-8(21)3-5-9)18(27-17,13(20)12(17)19)16-25-6-7-26-16/h2-5,10-13,16H,6-7H2,1H3. The predicted molar refractivity (Wildman–Crippen MR) is 99.2 cm³/mol. The number of anilines is 1. The van der Waals surface area contributed by atoms with Crippen molar-refractivity contribution in [3.8, 4) is 0 Å². The highest BCUT2D eigenvalue weighted by Crippen LogP contribution is 2.66. The van der Waals surface area contributed by atoms with Gasteiger partial charge in [-0.1, -0.05) is 31.9 Å². The third-order valence-corrected chi connectivity index (χ3v) is 9.51. The molecule has 6 atom stereocenters. The van der Waals surface area contributed by atoms with E-state index in [4.69, 9.17) is 14.2 Å². The maximum absolute atomic E-state index is 13.4. The fourth-order valence-electron chi connectivity index (χ4n) is 4.97. The van der Waals surface area contributed by atoms with Crippen LogP contribution >= 0.6 is 31.9 Å². The Kier molecular flexibility index (Phi) is 3.92. The van der Waals surface area contributed by atoms with Crippen LogP contribution in [0.3, 0.4) is 0 Å². The molecule has 2 bridgehead atoms. The Hall–Kier alpha value is -0.870. The lowest BCUT2D eigenvalue weighted by molar-refractivity contribution is -0.200. The van der Waals surface area contributed by atoms with Crippen molar-refractivity contribution >= 4 is 49.4 Å². The minimum Gasteiger partial charge on any atom is -0.359 e. The number of amides is 2. The van der Waals surface area contributed by atoms with Crippen LogP contribution < -0.4 is 4.90 Å². The third-order valence-electron chi connectivity index (χ3n) is 6.12. The maximum Gasteiger partial charge on any atom is 0.240 e. The van der Waals surface area contributed by atoms with E-state index >= 15 is 0 Å². The fourth-order valence-corrected chi connectivity index (χ4v) is 6.88. The lowest BCUT2D eigenvalue weighted by Crippen LogP contribution is -2.59. The summed E-state index contributed by atoms with van der Waals surface area (Å²) in [6, 6.07) is 5.33. The molecule has 0 N–H and O–H groups in total. The zero-order chi connectivity index (χ0) is 19.1. The van der Waals surface area contributed by atoms with Crippen molar-refractivity contribution in [2.45, 2.75) is 34.1 Å². The van der Waals surface area contributed by atoms with Crippen LogP contribution in [0, 0.1) is 17.7 Å². The molecule has 4 aliphatic rings. The van der Waals surface area contributed by atoms with Gasteiger partial charge in [-0.3, -0.25) is 9.59 Å². The molecule has 0 radical (unpaired) electrons. The highest BCUT2D eigenvalue weighted by atomic mass is 79.9. The number of nitrogens with zero attached hydrogens (tertiary/aromatic N) is 1. The molecular formula is C18H16Br2FNO5. The number of hydrogen-bond acceptors (Lipinski definition) is 5. The molecule has 0 saturated carbocycles. The normalized spacial score (nSPS) is 43.8. The van der Waals surface area contributed by atoms with Crippen molar-refractivity contribution in [3.63, 3.8) is 0 Å². The first-order chi connectivity index (χ1) is 12.8. The van der Waals surface area contributed by atoms with Crippen LogP contribution in [0.2, 0.25) is 0 Å². The Balaban J connectivity index is 1.63. The van der Waals surface area contributed by atoms with E-state index in [1.54, 1.807) is 0 Å². The lowest BCUT2D eigenvalue weighted by atomic mass is 9.67. The summed E-state index contributed by atoms with van der Waals surface area (Å²) < 4.78 is 31.2. The van der Waals surface area contributed by atoms with Crippen LogP contribution in [0.5, 0.6) is 0 Å². The molecule has 0 spiro atoms. The average Bonchev–Trinajstić information content (AvgIpc) is 3.36. The Bertz CT molecular complexity index is 828. The van der Waals surface area contributed by atoms with Gasteiger partial charge in [0.25, 0.3) is 0 Å². The Morgan fingerprint density at radius 1 is 1.04 bits per heavy atom. The van der Waals surface area contributed by atoms with Crippen molar-refractivity contribution in [2.75, 3.05) is 18.1 Å². The summed E-state index contributed by atoms with van der Waals surface area (Å²) in [4.78, 5) is 27.4. The quantitative estimate of drug-likeness (QED) is 0.457. The first-order valence-corrected chi connectivity index (χ1v) is 10.5. The zero-order valence-corrected chi connectivity index (χ0v) is 17.4. The van der Waals surface area contributed by atoms with Gasteiger partial charge in [0.1, 0.15) is 11.4 Å². The van der Waals surface area contributed by atoms with E-state index in [1.807, 2.05) is 6.92 Å². The van der Waals surface area contributed by atoms with Gasteiger partial charge < -0.3 is 14.2 Å². The van der Waals surface area contributed by atoms with E-state index in [9.17, 15) is 14.0 Å². The van der Waals surface area contributed by atoms with E-state index in [0.29, 0.717) is 18.9 Å². The first kappa shape index (κ1) is 18.2. The highest BCUT2D eigenvalue weighted by molar-refractivity contribution is 9.12. The predicted octanol–water partition coefficient (Wildman–Crippen LogP) is 2.37. The second-order valence-corrected chi connectivity index (χ2v) is 9.43. The van der Waals surface area contributed by atoms with Gasteiger partial charge in [-0.2, -0.15) is 0 Å². The van der Waals surface area contributed by atoms with Gasteiger partial charge >= 0.3 is 0 Å². The Morgan fingerprint density at radius 2 is 1.63 bits per heavy atom. The topological polar surface area (TPSA) is 65.1 Å². The van der Waals surface area contributed by atoms with Crippen LogP contribution in [0.4, 0.5) is 10.1 Å². The highest BCUT2D eigenvalue weighted by Gasteiger charge is 2.82. The number of halogens is 3. The second kappa shape index (κ2) is 5.82. The van der Waals surface area contributed by atoms with E-state index in [2.05, 4.69) is 31.9 Å². The molecule has 1 aromatic rings. The number of benzene rings is 1. The van der Waals surface area contributed by atoms with Crippen LogP contribution in [0.25, 0.3) is 0 Å². The first-order valence-electron chi connectivity index (χ1n) is 8.67. The summed E-state index contributed by atoms with van der Waals surface area (Å²) in [6.07, 6.45) is -0.747. The maximum atomic E-state index is 13.4. The number of imide groups is 1. The molecule has 6 unspecified atom stereocenters. The van der Waals surface area contributed by atoms with Crippen molar-refractivity contribution in [2.24, 2.45) is 11.8 Å². The van der Waals surface area contributed by atoms with Crippen molar-refractivity contribution in [1.29, 1.82) is 0 Å². The van der Waals surface area contributed by atoms with Gasteiger partial charge in [-0.15, -0.1) is 0 Å². The largest absolute Gasteiger partial charge is 0.359 e. The number of carbonyl (C=O) groups is 2. The smallest absolute Gasteiger partial charge is 0.240 e. The molecule has 27 heavy (non-hydrogen) atoms. The molecule has 1 aromatic carbocycles. The molecule has 4 fully saturated rings. The van der Waals surface area contributed by atoms with Crippen molar-refractivity contribution < 1.29 is 28.2 Å². The number of rotatable bonds is 2. The fraction of sp³-hybridized carbons (Fsp3) is 0.556. The third kappa shape index (κ3) is 2.09. The van der Waals surface area contributed by atoms with Gasteiger partial charge in [0.05, 0.1) is 46.0 Å². The zero-order valence-electron chi connectivity index (χ0n) is 14.2. The summed E-state index contributed by atoms with van der Waals surface area (Å²) >= 11 is 7.32. The van der Waals surface area contributed by atoms with Crippen molar-refractivity contribution in [1.82, 2.24) is 0 Å².